The SMILES string of the molecule is COc1ccccc1N(C)S(=O)(=O)c1ccc(C(=O)OCC(=O)Nc2sc3c(c2C(N)=O)CCC(C)C3)cc1. The number of benzene rings is 2. The van der Waals surface area contributed by atoms with Gasteiger partial charge in [0.1, 0.15) is 10.8 Å². The van der Waals surface area contributed by atoms with Crippen LogP contribution in [0.1, 0.15) is 44.5 Å². The van der Waals surface area contributed by atoms with Crippen LogP contribution in [-0.2, 0) is 32.4 Å². The number of hydrogen-bond donors (Lipinski definition) is 2. The second kappa shape index (κ2) is 11.5. The summed E-state index contributed by atoms with van der Waals surface area (Å²) in [5, 5.41) is 3.00. The lowest BCUT2D eigenvalue weighted by Gasteiger charge is -2.21. The molecule has 0 saturated heterocycles. The van der Waals surface area contributed by atoms with Gasteiger partial charge in [-0.15, -0.1) is 11.3 Å². The molecule has 39 heavy (non-hydrogen) atoms. The fraction of sp³-hybridized carbons (Fsp3) is 0.296. The monoisotopic (exact) mass is 571 g/mol. The van der Waals surface area contributed by atoms with Crippen LogP contribution in [0.3, 0.4) is 0 Å². The van der Waals surface area contributed by atoms with E-state index in [2.05, 4.69) is 12.2 Å². The van der Waals surface area contributed by atoms with Crippen LogP contribution in [0.15, 0.2) is 53.4 Å². The molecule has 0 bridgehead atoms. The van der Waals surface area contributed by atoms with Crippen molar-refractivity contribution in [1.29, 1.82) is 0 Å². The number of hydrogen-bond acceptors (Lipinski definition) is 8. The number of nitrogens with one attached hydrogen (secondary N) is 1. The van der Waals surface area contributed by atoms with E-state index >= 15 is 0 Å². The number of anilines is 2. The normalized spacial score (nSPS) is 14.7. The smallest absolute Gasteiger partial charge is 0.338 e. The average Bonchev–Trinajstić information content (AvgIpc) is 3.28. The number of primary amides is 1. The summed E-state index contributed by atoms with van der Waals surface area (Å²) >= 11 is 1.32. The third-order valence-electron chi connectivity index (χ3n) is 6.52. The molecule has 10 nitrogen and oxygen atoms in total. The Labute approximate surface area is 230 Å². The molecule has 1 aromatic heterocycles. The van der Waals surface area contributed by atoms with Gasteiger partial charge in [-0.05, 0) is 67.1 Å². The molecule has 1 atom stereocenters. The highest BCUT2D eigenvalue weighted by atomic mass is 32.2. The van der Waals surface area contributed by atoms with Crippen molar-refractivity contribution in [3.63, 3.8) is 0 Å². The molecule has 2 amide bonds. The van der Waals surface area contributed by atoms with Crippen molar-refractivity contribution < 1.29 is 32.3 Å². The van der Waals surface area contributed by atoms with Gasteiger partial charge in [-0.2, -0.15) is 0 Å². The van der Waals surface area contributed by atoms with E-state index in [4.69, 9.17) is 15.2 Å². The maximum Gasteiger partial charge on any atom is 0.338 e. The molecule has 0 spiro atoms. The van der Waals surface area contributed by atoms with Crippen molar-refractivity contribution in [2.75, 3.05) is 30.4 Å². The van der Waals surface area contributed by atoms with Gasteiger partial charge < -0.3 is 20.5 Å². The van der Waals surface area contributed by atoms with Gasteiger partial charge in [0, 0.05) is 11.9 Å². The second-order valence-corrected chi connectivity index (χ2v) is 12.3. The fourth-order valence-electron chi connectivity index (χ4n) is 4.42. The highest BCUT2D eigenvalue weighted by Crippen LogP contribution is 2.39. The van der Waals surface area contributed by atoms with Crippen LogP contribution >= 0.6 is 11.3 Å². The first-order chi connectivity index (χ1) is 18.5. The van der Waals surface area contributed by atoms with Crippen LogP contribution < -0.4 is 20.1 Å². The number of rotatable bonds is 9. The van der Waals surface area contributed by atoms with Crippen LogP contribution in [0.5, 0.6) is 5.75 Å². The molecule has 2 aromatic carbocycles. The van der Waals surface area contributed by atoms with E-state index in [9.17, 15) is 22.8 Å². The Morgan fingerprint density at radius 1 is 1.13 bits per heavy atom. The molecule has 3 aromatic rings. The molecule has 0 aliphatic heterocycles. The summed E-state index contributed by atoms with van der Waals surface area (Å²) in [4.78, 5) is 38.1. The summed E-state index contributed by atoms with van der Waals surface area (Å²) in [6.45, 7) is 1.54. The average molecular weight is 572 g/mol. The molecule has 0 radical (unpaired) electrons. The minimum Gasteiger partial charge on any atom is -0.495 e. The number of nitrogens with zero attached hydrogens (tertiary/aromatic N) is 1. The Morgan fingerprint density at radius 2 is 1.82 bits per heavy atom. The van der Waals surface area contributed by atoms with Gasteiger partial charge in [-0.3, -0.25) is 13.9 Å². The maximum atomic E-state index is 13.1. The van der Waals surface area contributed by atoms with E-state index in [1.54, 1.807) is 24.3 Å². The van der Waals surface area contributed by atoms with Crippen molar-refractivity contribution in [2.24, 2.45) is 11.7 Å². The number of ether oxygens (including phenoxy) is 2. The van der Waals surface area contributed by atoms with Crippen molar-refractivity contribution in [3.05, 3.63) is 70.1 Å². The molecule has 206 valence electrons. The second-order valence-electron chi connectivity index (χ2n) is 9.21. The highest BCUT2D eigenvalue weighted by Gasteiger charge is 2.28. The lowest BCUT2D eigenvalue weighted by atomic mass is 9.88. The van der Waals surface area contributed by atoms with Crippen LogP contribution in [-0.4, -0.2) is 47.0 Å². The lowest BCUT2D eigenvalue weighted by molar-refractivity contribution is -0.119. The predicted molar refractivity (Wildman–Crippen MR) is 148 cm³/mol. The molecule has 12 heteroatoms. The molecule has 1 aliphatic carbocycles. The minimum atomic E-state index is -3.94. The van der Waals surface area contributed by atoms with Gasteiger partial charge >= 0.3 is 5.97 Å². The number of carbonyl (C=O) groups excluding carboxylic acids is 3. The van der Waals surface area contributed by atoms with Crippen LogP contribution in [0.25, 0.3) is 0 Å². The van der Waals surface area contributed by atoms with Gasteiger partial charge in [-0.25, -0.2) is 13.2 Å². The summed E-state index contributed by atoms with van der Waals surface area (Å²) in [6, 6.07) is 11.9. The van der Waals surface area contributed by atoms with E-state index in [-0.39, 0.29) is 10.5 Å². The van der Waals surface area contributed by atoms with Crippen molar-refractivity contribution >= 4 is 49.8 Å². The van der Waals surface area contributed by atoms with E-state index in [1.165, 1.54) is 49.8 Å². The minimum absolute atomic E-state index is 0.0415. The van der Waals surface area contributed by atoms with Crippen LogP contribution in [0, 0.1) is 5.92 Å². The van der Waals surface area contributed by atoms with Crippen LogP contribution in [0.4, 0.5) is 10.7 Å². The molecule has 1 unspecified atom stereocenters. The standard InChI is InChI=1S/C27H29N3O7S2/c1-16-8-13-19-22(14-16)38-26(24(19)25(28)32)29-23(31)15-37-27(33)17-9-11-18(12-10-17)39(34,35)30(2)20-6-4-5-7-21(20)36-3/h4-7,9-12,16H,8,13-15H2,1-3H3,(H2,28,32)(H,29,31). The van der Waals surface area contributed by atoms with Gasteiger partial charge in [0.15, 0.2) is 6.61 Å². The number of nitrogens with two attached hydrogens (primary N) is 1. The molecule has 3 N–H and O–H groups in total. The maximum absolute atomic E-state index is 13.1. The zero-order chi connectivity index (χ0) is 28.3. The molecule has 4 rings (SSSR count). The first kappa shape index (κ1) is 28.1. The summed E-state index contributed by atoms with van der Waals surface area (Å²) in [6.07, 6.45) is 2.47. The summed E-state index contributed by atoms with van der Waals surface area (Å²) < 4.78 is 37.7. The Kier molecular flexibility index (Phi) is 8.26. The van der Waals surface area contributed by atoms with E-state index in [1.807, 2.05) is 0 Å². The van der Waals surface area contributed by atoms with Crippen LogP contribution in [0.2, 0.25) is 0 Å². The summed E-state index contributed by atoms with van der Waals surface area (Å²) in [7, 11) is -1.09. The Morgan fingerprint density at radius 3 is 2.49 bits per heavy atom. The van der Waals surface area contributed by atoms with Gasteiger partial charge in [0.2, 0.25) is 0 Å². The van der Waals surface area contributed by atoms with E-state index in [0.29, 0.717) is 27.9 Å². The first-order valence-electron chi connectivity index (χ1n) is 12.2. The molecular weight excluding hydrogens is 542 g/mol. The van der Waals surface area contributed by atoms with Gasteiger partial charge in [-0.1, -0.05) is 19.1 Å². The highest BCUT2D eigenvalue weighted by molar-refractivity contribution is 7.92. The van der Waals surface area contributed by atoms with Crippen molar-refractivity contribution in [1.82, 2.24) is 0 Å². The number of fused-ring (bicyclic) bond motifs is 1. The van der Waals surface area contributed by atoms with E-state index in [0.717, 1.165) is 34.0 Å². The topological polar surface area (TPSA) is 145 Å². The largest absolute Gasteiger partial charge is 0.495 e. The van der Waals surface area contributed by atoms with Crippen molar-refractivity contribution in [3.8, 4) is 5.75 Å². The molecule has 1 aliphatic rings. The molecule has 1 heterocycles. The molecular formula is C27H29N3O7S2. The molecule has 0 fully saturated rings. The quantitative estimate of drug-likeness (QED) is 0.373. The number of methoxy groups -OCH3 is 1. The lowest BCUT2D eigenvalue weighted by Crippen LogP contribution is -2.27. The predicted octanol–water partition coefficient (Wildman–Crippen LogP) is 3.60. The number of amides is 2. The summed E-state index contributed by atoms with van der Waals surface area (Å²) in [5.41, 5.74) is 7.20. The van der Waals surface area contributed by atoms with Gasteiger partial charge in [0.05, 0.1) is 28.8 Å². The van der Waals surface area contributed by atoms with Gasteiger partial charge in [0.25, 0.3) is 21.8 Å². The Hall–Kier alpha value is -3.90. The zero-order valence-corrected chi connectivity index (χ0v) is 23.4. The number of thiophene rings is 1. The number of para-hydroxylation sites is 2. The number of esters is 1. The third-order valence-corrected chi connectivity index (χ3v) is 9.47. The summed E-state index contributed by atoms with van der Waals surface area (Å²) in [5.74, 6) is -1.16. The molecule has 0 saturated carbocycles. The van der Waals surface area contributed by atoms with E-state index < -0.39 is 34.4 Å². The number of carbonyl (C=O) groups is 3. The zero-order valence-electron chi connectivity index (χ0n) is 21.7. The first-order valence-corrected chi connectivity index (χ1v) is 14.4. The van der Waals surface area contributed by atoms with Crippen molar-refractivity contribution in [2.45, 2.75) is 31.1 Å². The Balaban J connectivity index is 1.40. The third kappa shape index (κ3) is 5.91. The number of sulfonamides is 1. The fourth-order valence-corrected chi connectivity index (χ4v) is 7.06. The Bertz CT molecular complexity index is 1510.